The molecule has 8 heteroatoms. The van der Waals surface area contributed by atoms with Gasteiger partial charge in [0, 0.05) is 50.6 Å². The predicted molar refractivity (Wildman–Crippen MR) is 115 cm³/mol. The second kappa shape index (κ2) is 11.0. The Labute approximate surface area is 172 Å². The van der Waals surface area contributed by atoms with Gasteiger partial charge in [0.15, 0.2) is 5.96 Å². The van der Waals surface area contributed by atoms with Gasteiger partial charge in [0.2, 0.25) is 11.8 Å². The molecule has 156 valence electrons. The number of carbonyl (C=O) groups is 2. The zero-order valence-corrected chi connectivity index (χ0v) is 18.2. The molecule has 2 rings (SSSR count). The molecule has 0 saturated carbocycles. The van der Waals surface area contributed by atoms with E-state index in [4.69, 9.17) is 0 Å². The smallest absolute Gasteiger partial charge is 0.243 e. The van der Waals surface area contributed by atoms with Crippen molar-refractivity contribution < 1.29 is 9.59 Å². The standard InChI is InChI=1S/C20H33N5O2S/c1-15(2)19(27)25-11-8-16(9-12-25)23-20(22-14-18(26)24(3)4)21-10-7-17-6-5-13-28-17/h5-6,13,15-16H,7-12,14H2,1-4H3,(H2,21,22,23). The fourth-order valence-corrected chi connectivity index (χ4v) is 3.71. The number of hydrogen-bond donors (Lipinski definition) is 2. The molecule has 0 spiro atoms. The van der Waals surface area contributed by atoms with Gasteiger partial charge >= 0.3 is 0 Å². The van der Waals surface area contributed by atoms with Gasteiger partial charge in [0.1, 0.15) is 6.54 Å². The van der Waals surface area contributed by atoms with Crippen LogP contribution in [0.5, 0.6) is 0 Å². The van der Waals surface area contributed by atoms with E-state index < -0.39 is 0 Å². The zero-order chi connectivity index (χ0) is 20.5. The molecule has 1 saturated heterocycles. The van der Waals surface area contributed by atoms with Gasteiger partial charge in [-0.25, -0.2) is 4.99 Å². The number of nitrogens with one attached hydrogen (secondary N) is 2. The first kappa shape index (κ1) is 22.2. The van der Waals surface area contributed by atoms with Crippen LogP contribution in [0.25, 0.3) is 0 Å². The van der Waals surface area contributed by atoms with Crippen LogP contribution in [0, 0.1) is 5.92 Å². The van der Waals surface area contributed by atoms with Crippen LogP contribution in [0.3, 0.4) is 0 Å². The molecule has 2 N–H and O–H groups in total. The maximum Gasteiger partial charge on any atom is 0.243 e. The number of piperidine rings is 1. The van der Waals surface area contributed by atoms with Crippen LogP contribution in [0.1, 0.15) is 31.6 Å². The summed E-state index contributed by atoms with van der Waals surface area (Å²) in [4.78, 5) is 33.3. The van der Waals surface area contributed by atoms with Crippen molar-refractivity contribution in [3.05, 3.63) is 22.4 Å². The molecule has 1 aromatic heterocycles. The van der Waals surface area contributed by atoms with Gasteiger partial charge in [0.05, 0.1) is 0 Å². The van der Waals surface area contributed by atoms with E-state index in [2.05, 4.69) is 33.1 Å². The van der Waals surface area contributed by atoms with Crippen LogP contribution in [0.2, 0.25) is 0 Å². The van der Waals surface area contributed by atoms with Crippen molar-refractivity contribution in [2.45, 2.75) is 39.2 Å². The van der Waals surface area contributed by atoms with Crippen molar-refractivity contribution in [1.82, 2.24) is 20.4 Å². The lowest BCUT2D eigenvalue weighted by Crippen LogP contribution is -2.50. The van der Waals surface area contributed by atoms with Gasteiger partial charge in [-0.1, -0.05) is 19.9 Å². The maximum atomic E-state index is 12.2. The lowest BCUT2D eigenvalue weighted by molar-refractivity contribution is -0.135. The molecule has 28 heavy (non-hydrogen) atoms. The Morgan fingerprint density at radius 1 is 1.32 bits per heavy atom. The number of likely N-dealkylation sites (N-methyl/N-ethyl adjacent to an activating group) is 1. The first-order valence-electron chi connectivity index (χ1n) is 9.93. The summed E-state index contributed by atoms with van der Waals surface area (Å²) in [7, 11) is 3.47. The minimum Gasteiger partial charge on any atom is -0.356 e. The van der Waals surface area contributed by atoms with Crippen molar-refractivity contribution in [2.75, 3.05) is 40.3 Å². The summed E-state index contributed by atoms with van der Waals surface area (Å²) in [6, 6.07) is 4.42. The van der Waals surface area contributed by atoms with E-state index in [1.165, 1.54) is 4.88 Å². The monoisotopic (exact) mass is 407 g/mol. The molecule has 2 heterocycles. The predicted octanol–water partition coefficient (Wildman–Crippen LogP) is 1.56. The third kappa shape index (κ3) is 7.14. The Hall–Kier alpha value is -2.09. The molecule has 2 amide bonds. The Kier molecular flexibility index (Phi) is 8.76. The summed E-state index contributed by atoms with van der Waals surface area (Å²) in [5, 5.41) is 8.87. The van der Waals surface area contributed by atoms with Crippen LogP contribution >= 0.6 is 11.3 Å². The highest BCUT2D eigenvalue weighted by atomic mass is 32.1. The average molecular weight is 408 g/mol. The molecule has 0 aliphatic carbocycles. The van der Waals surface area contributed by atoms with Gasteiger partial charge in [-0.15, -0.1) is 11.3 Å². The zero-order valence-electron chi connectivity index (χ0n) is 17.4. The molecule has 0 bridgehead atoms. The number of guanidine groups is 1. The molecule has 1 aliphatic heterocycles. The summed E-state index contributed by atoms with van der Waals surface area (Å²) in [6.45, 7) is 6.27. The summed E-state index contributed by atoms with van der Waals surface area (Å²) < 4.78 is 0. The van der Waals surface area contributed by atoms with Crippen LogP contribution < -0.4 is 10.6 Å². The van der Waals surface area contributed by atoms with Crippen LogP contribution in [0.4, 0.5) is 0 Å². The molecule has 1 fully saturated rings. The number of thiophene rings is 1. The Balaban J connectivity index is 1.88. The Morgan fingerprint density at radius 2 is 2.04 bits per heavy atom. The number of aliphatic imine (C=N–C) groups is 1. The minimum atomic E-state index is -0.0308. The fraction of sp³-hybridized carbons (Fsp3) is 0.650. The topological polar surface area (TPSA) is 77.0 Å². The molecular weight excluding hydrogens is 374 g/mol. The molecule has 1 aromatic rings. The highest BCUT2D eigenvalue weighted by molar-refractivity contribution is 7.09. The summed E-state index contributed by atoms with van der Waals surface area (Å²) in [5.74, 6) is 0.896. The lowest BCUT2D eigenvalue weighted by atomic mass is 10.0. The maximum absolute atomic E-state index is 12.2. The number of carbonyl (C=O) groups excluding carboxylic acids is 2. The second-order valence-corrected chi connectivity index (χ2v) is 8.64. The normalized spacial score (nSPS) is 15.6. The van der Waals surface area contributed by atoms with Crippen molar-refractivity contribution >= 4 is 29.1 Å². The molecular formula is C20H33N5O2S. The van der Waals surface area contributed by atoms with Crippen molar-refractivity contribution in [3.63, 3.8) is 0 Å². The van der Waals surface area contributed by atoms with Gasteiger partial charge in [0.25, 0.3) is 0 Å². The van der Waals surface area contributed by atoms with Crippen molar-refractivity contribution in [1.29, 1.82) is 0 Å². The number of nitrogens with zero attached hydrogens (tertiary/aromatic N) is 3. The van der Waals surface area contributed by atoms with Crippen molar-refractivity contribution in [2.24, 2.45) is 10.9 Å². The van der Waals surface area contributed by atoms with Gasteiger partial charge < -0.3 is 20.4 Å². The highest BCUT2D eigenvalue weighted by Crippen LogP contribution is 2.13. The first-order valence-corrected chi connectivity index (χ1v) is 10.8. The molecule has 1 aliphatic rings. The van der Waals surface area contributed by atoms with Crippen LogP contribution in [-0.2, 0) is 16.0 Å². The van der Waals surface area contributed by atoms with Crippen molar-refractivity contribution in [3.8, 4) is 0 Å². The van der Waals surface area contributed by atoms with Crippen LogP contribution in [0.15, 0.2) is 22.5 Å². The second-order valence-electron chi connectivity index (χ2n) is 7.61. The largest absolute Gasteiger partial charge is 0.356 e. The summed E-state index contributed by atoms with van der Waals surface area (Å²) in [5.41, 5.74) is 0. The third-order valence-electron chi connectivity index (χ3n) is 4.76. The third-order valence-corrected chi connectivity index (χ3v) is 5.69. The Bertz CT molecular complexity index is 650. The van der Waals surface area contributed by atoms with E-state index in [1.54, 1.807) is 30.3 Å². The van der Waals surface area contributed by atoms with E-state index >= 15 is 0 Å². The molecule has 0 aromatic carbocycles. The minimum absolute atomic E-state index is 0.0308. The molecule has 0 radical (unpaired) electrons. The number of hydrogen-bond acceptors (Lipinski definition) is 4. The summed E-state index contributed by atoms with van der Waals surface area (Å²) in [6.07, 6.45) is 2.68. The van der Waals surface area contributed by atoms with Gasteiger partial charge in [-0.2, -0.15) is 0 Å². The summed E-state index contributed by atoms with van der Waals surface area (Å²) >= 11 is 1.74. The van der Waals surface area contributed by atoms with E-state index in [1.807, 2.05) is 18.7 Å². The van der Waals surface area contributed by atoms with E-state index in [0.29, 0.717) is 5.96 Å². The SMILES string of the molecule is CC(C)C(=O)N1CCC(NC(=NCC(=O)N(C)C)NCCc2cccs2)CC1. The molecule has 0 atom stereocenters. The Morgan fingerprint density at radius 3 is 2.61 bits per heavy atom. The molecule has 7 nitrogen and oxygen atoms in total. The van der Waals surface area contributed by atoms with E-state index in [0.717, 1.165) is 38.9 Å². The van der Waals surface area contributed by atoms with Gasteiger partial charge in [-0.05, 0) is 30.7 Å². The number of amides is 2. The fourth-order valence-electron chi connectivity index (χ4n) is 3.00. The first-order chi connectivity index (χ1) is 13.4. The highest BCUT2D eigenvalue weighted by Gasteiger charge is 2.24. The van der Waals surface area contributed by atoms with Crippen LogP contribution in [-0.4, -0.2) is 73.9 Å². The van der Waals surface area contributed by atoms with E-state index in [-0.39, 0.29) is 30.3 Å². The molecule has 0 unspecified atom stereocenters. The average Bonchev–Trinajstić information content (AvgIpc) is 3.19. The quantitative estimate of drug-likeness (QED) is 0.531. The lowest BCUT2D eigenvalue weighted by Gasteiger charge is -2.34. The number of rotatable bonds is 7. The van der Waals surface area contributed by atoms with E-state index in [9.17, 15) is 9.59 Å². The number of likely N-dealkylation sites (tertiary alicyclic amines) is 1. The van der Waals surface area contributed by atoms with Gasteiger partial charge in [-0.3, -0.25) is 9.59 Å².